The van der Waals surface area contributed by atoms with E-state index in [1.54, 1.807) is 18.2 Å². The van der Waals surface area contributed by atoms with Gasteiger partial charge in [0.1, 0.15) is 23.7 Å². The number of nitrogens with zero attached hydrogens (tertiary/aromatic N) is 4. The molecule has 0 aliphatic carbocycles. The normalized spacial score (nSPS) is 16.9. The van der Waals surface area contributed by atoms with Crippen LogP contribution in [-0.4, -0.2) is 46.5 Å². The molecule has 28 heavy (non-hydrogen) atoms. The monoisotopic (exact) mass is 386 g/mol. The molecule has 0 saturated carbocycles. The Kier molecular flexibility index (Phi) is 6.79. The minimum Gasteiger partial charge on any atom is -0.439 e. The third-order valence-corrected chi connectivity index (χ3v) is 4.91. The van der Waals surface area contributed by atoms with Gasteiger partial charge in [-0.3, -0.25) is 4.79 Å². The van der Waals surface area contributed by atoms with E-state index in [1.165, 1.54) is 18.5 Å². The number of hydrogen-bond donors (Lipinski definition) is 0. The Balaban J connectivity index is 1.61. The second-order valence-corrected chi connectivity index (χ2v) is 7.11. The first-order chi connectivity index (χ1) is 13.6. The van der Waals surface area contributed by atoms with Gasteiger partial charge in [0.15, 0.2) is 0 Å². The lowest BCUT2D eigenvalue weighted by Crippen LogP contribution is -2.54. The van der Waals surface area contributed by atoms with Crippen molar-refractivity contribution in [2.45, 2.75) is 45.6 Å². The molecule has 1 atom stereocenters. The predicted molar refractivity (Wildman–Crippen MR) is 106 cm³/mol. The number of halogens is 1. The van der Waals surface area contributed by atoms with Gasteiger partial charge in [-0.1, -0.05) is 25.8 Å². The Labute approximate surface area is 165 Å². The molecule has 2 aromatic rings. The molecular weight excluding hydrogens is 359 g/mol. The second-order valence-electron chi connectivity index (χ2n) is 7.11. The molecular formula is C21H27FN4O2. The van der Waals surface area contributed by atoms with Crippen LogP contribution in [0.5, 0.6) is 11.6 Å². The number of aromatic nitrogens is 2. The molecule has 150 valence electrons. The van der Waals surface area contributed by atoms with Crippen molar-refractivity contribution in [3.05, 3.63) is 42.5 Å². The number of piperazine rings is 1. The lowest BCUT2D eigenvalue weighted by molar-refractivity contribution is -0.133. The van der Waals surface area contributed by atoms with Crippen LogP contribution in [0.2, 0.25) is 0 Å². The van der Waals surface area contributed by atoms with Crippen LogP contribution in [0.3, 0.4) is 0 Å². The van der Waals surface area contributed by atoms with Crippen molar-refractivity contribution in [1.29, 1.82) is 0 Å². The van der Waals surface area contributed by atoms with Gasteiger partial charge in [0, 0.05) is 44.2 Å². The van der Waals surface area contributed by atoms with Gasteiger partial charge in [-0.05, 0) is 25.5 Å². The van der Waals surface area contributed by atoms with Crippen molar-refractivity contribution >= 4 is 11.7 Å². The third-order valence-electron chi connectivity index (χ3n) is 4.91. The predicted octanol–water partition coefficient (Wildman–Crippen LogP) is 4.03. The highest BCUT2D eigenvalue weighted by Crippen LogP contribution is 2.24. The first-order valence-corrected chi connectivity index (χ1v) is 9.86. The molecule has 1 aromatic carbocycles. The molecule has 1 aromatic heterocycles. The number of amides is 1. The quantitative estimate of drug-likeness (QED) is 0.673. The van der Waals surface area contributed by atoms with E-state index in [-0.39, 0.29) is 17.8 Å². The van der Waals surface area contributed by atoms with Crippen molar-refractivity contribution < 1.29 is 13.9 Å². The van der Waals surface area contributed by atoms with Gasteiger partial charge in [-0.15, -0.1) is 0 Å². The molecule has 3 rings (SSSR count). The van der Waals surface area contributed by atoms with E-state index in [1.807, 2.05) is 4.90 Å². The average Bonchev–Trinajstić information content (AvgIpc) is 2.68. The van der Waals surface area contributed by atoms with Crippen molar-refractivity contribution in [3.8, 4) is 11.6 Å². The lowest BCUT2D eigenvalue weighted by atomic mass is 10.1. The molecule has 7 heteroatoms. The number of benzene rings is 1. The molecule has 0 spiro atoms. The molecule has 1 amide bonds. The highest BCUT2D eigenvalue weighted by molar-refractivity contribution is 5.76. The molecule has 0 bridgehead atoms. The molecule has 1 fully saturated rings. The molecule has 1 aliphatic heterocycles. The van der Waals surface area contributed by atoms with E-state index in [4.69, 9.17) is 4.74 Å². The molecule has 1 aliphatic rings. The van der Waals surface area contributed by atoms with Gasteiger partial charge in [0.05, 0.1) is 0 Å². The minimum absolute atomic E-state index is 0.116. The first-order valence-electron chi connectivity index (χ1n) is 9.86. The van der Waals surface area contributed by atoms with E-state index < -0.39 is 0 Å². The number of unbranched alkanes of at least 4 members (excludes halogenated alkanes) is 2. The van der Waals surface area contributed by atoms with E-state index in [2.05, 4.69) is 28.7 Å². The topological polar surface area (TPSA) is 58.6 Å². The van der Waals surface area contributed by atoms with Crippen LogP contribution in [0.15, 0.2) is 36.7 Å². The van der Waals surface area contributed by atoms with E-state index in [0.717, 1.165) is 25.1 Å². The summed E-state index contributed by atoms with van der Waals surface area (Å²) in [6, 6.07) is 7.80. The van der Waals surface area contributed by atoms with Crippen LogP contribution in [-0.2, 0) is 4.79 Å². The Hall–Kier alpha value is -2.70. The molecule has 0 N–H and O–H groups in total. The SMILES string of the molecule is CCCCCC(=O)N1CCN(c2cc(Oc3cccc(F)c3)ncn2)C[C@H]1C. The fourth-order valence-corrected chi connectivity index (χ4v) is 3.42. The van der Waals surface area contributed by atoms with Gasteiger partial charge in [-0.2, -0.15) is 0 Å². The van der Waals surface area contributed by atoms with Crippen LogP contribution in [0, 0.1) is 5.82 Å². The van der Waals surface area contributed by atoms with Gasteiger partial charge in [0.25, 0.3) is 0 Å². The highest BCUT2D eigenvalue weighted by Gasteiger charge is 2.27. The summed E-state index contributed by atoms with van der Waals surface area (Å²) < 4.78 is 19.0. The van der Waals surface area contributed by atoms with Gasteiger partial charge < -0.3 is 14.5 Å². The molecule has 0 unspecified atom stereocenters. The summed E-state index contributed by atoms with van der Waals surface area (Å²) >= 11 is 0. The van der Waals surface area contributed by atoms with Crippen molar-refractivity contribution in [1.82, 2.24) is 14.9 Å². The van der Waals surface area contributed by atoms with Crippen LogP contribution >= 0.6 is 0 Å². The smallest absolute Gasteiger partial charge is 0.224 e. The zero-order chi connectivity index (χ0) is 19.9. The summed E-state index contributed by atoms with van der Waals surface area (Å²) in [5.41, 5.74) is 0. The molecule has 2 heterocycles. The number of carbonyl (C=O) groups is 1. The molecule has 1 saturated heterocycles. The summed E-state index contributed by atoms with van der Waals surface area (Å²) in [5.74, 6) is 1.37. The summed E-state index contributed by atoms with van der Waals surface area (Å²) in [5, 5.41) is 0. The zero-order valence-electron chi connectivity index (χ0n) is 16.5. The van der Waals surface area contributed by atoms with Gasteiger partial charge in [0.2, 0.25) is 11.8 Å². The van der Waals surface area contributed by atoms with Crippen molar-refractivity contribution in [3.63, 3.8) is 0 Å². The Bertz CT molecular complexity index is 801. The maximum absolute atomic E-state index is 13.3. The van der Waals surface area contributed by atoms with E-state index in [9.17, 15) is 9.18 Å². The fourth-order valence-electron chi connectivity index (χ4n) is 3.42. The fraction of sp³-hybridized carbons (Fsp3) is 0.476. The number of carbonyl (C=O) groups excluding carboxylic acids is 1. The summed E-state index contributed by atoms with van der Waals surface area (Å²) in [6.07, 6.45) is 5.22. The first kappa shape index (κ1) is 20.0. The summed E-state index contributed by atoms with van der Waals surface area (Å²) in [6.45, 7) is 6.29. The maximum Gasteiger partial charge on any atom is 0.224 e. The van der Waals surface area contributed by atoms with Crippen LogP contribution in [0.1, 0.15) is 39.5 Å². The van der Waals surface area contributed by atoms with E-state index >= 15 is 0 Å². The second kappa shape index (κ2) is 9.48. The highest BCUT2D eigenvalue weighted by atomic mass is 19.1. The molecule has 6 nitrogen and oxygen atoms in total. The Morgan fingerprint density at radius 1 is 1.25 bits per heavy atom. The summed E-state index contributed by atoms with van der Waals surface area (Å²) in [4.78, 5) is 25.0. The van der Waals surface area contributed by atoms with E-state index in [0.29, 0.717) is 37.7 Å². The van der Waals surface area contributed by atoms with Crippen LogP contribution in [0.4, 0.5) is 10.2 Å². The Morgan fingerprint density at radius 2 is 2.11 bits per heavy atom. The summed E-state index contributed by atoms with van der Waals surface area (Å²) in [7, 11) is 0. The number of hydrogen-bond acceptors (Lipinski definition) is 5. The van der Waals surface area contributed by atoms with Crippen molar-refractivity contribution in [2.75, 3.05) is 24.5 Å². The largest absolute Gasteiger partial charge is 0.439 e. The average molecular weight is 386 g/mol. The standard InChI is InChI=1S/C21H27FN4O2/c1-3-4-5-9-21(27)26-11-10-25(14-16(26)2)19-13-20(24-15-23-19)28-18-8-6-7-17(22)12-18/h6-8,12-13,15-16H,3-5,9-11,14H2,1-2H3/t16-/m1/s1. The number of anilines is 1. The zero-order valence-corrected chi connectivity index (χ0v) is 16.5. The third kappa shape index (κ3) is 5.18. The van der Waals surface area contributed by atoms with Crippen LogP contribution < -0.4 is 9.64 Å². The number of rotatable bonds is 7. The lowest BCUT2D eigenvalue weighted by Gasteiger charge is -2.40. The van der Waals surface area contributed by atoms with Gasteiger partial charge in [-0.25, -0.2) is 14.4 Å². The van der Waals surface area contributed by atoms with Gasteiger partial charge >= 0.3 is 0 Å². The number of ether oxygens (including phenoxy) is 1. The Morgan fingerprint density at radius 3 is 2.86 bits per heavy atom. The van der Waals surface area contributed by atoms with Crippen molar-refractivity contribution in [2.24, 2.45) is 0 Å². The van der Waals surface area contributed by atoms with Crippen LogP contribution in [0.25, 0.3) is 0 Å². The minimum atomic E-state index is -0.361. The maximum atomic E-state index is 13.3. The molecule has 0 radical (unpaired) electrons.